The van der Waals surface area contributed by atoms with Crippen LogP contribution in [0.1, 0.15) is 39.5 Å². The summed E-state index contributed by atoms with van der Waals surface area (Å²) in [6.45, 7) is 7.52. The van der Waals surface area contributed by atoms with Gasteiger partial charge in [-0.15, -0.1) is 6.58 Å². The number of aliphatic hydroxyl groups excluding tert-OH is 1. The van der Waals surface area contributed by atoms with Gasteiger partial charge in [0.05, 0.1) is 12.7 Å². The van der Waals surface area contributed by atoms with E-state index in [1.165, 1.54) is 0 Å². The highest BCUT2D eigenvalue weighted by molar-refractivity contribution is 8.15. The Balaban J connectivity index is 3.88. The van der Waals surface area contributed by atoms with E-state index >= 15 is 0 Å². The molecule has 97 valence electrons. The Morgan fingerprint density at radius 3 is 3.06 bits per heavy atom. The molecule has 0 aromatic carbocycles. The third-order valence-electron chi connectivity index (χ3n) is 2.62. The van der Waals surface area contributed by atoms with Gasteiger partial charge >= 0.3 is 0 Å². The maximum Gasteiger partial charge on any atom is 0.209 e. The number of ketones is 1. The Hall–Kier alpha value is -0.255. The van der Waals surface area contributed by atoms with Gasteiger partial charge in [0.15, 0.2) is 0 Å². The van der Waals surface area contributed by atoms with E-state index in [-0.39, 0.29) is 5.78 Å². The van der Waals surface area contributed by atoms with Gasteiger partial charge in [0.1, 0.15) is 5.78 Å². The summed E-state index contributed by atoms with van der Waals surface area (Å²) < 4.78 is 11.9. The predicted octanol–water partition coefficient (Wildman–Crippen LogP) is 2.17. The lowest BCUT2D eigenvalue weighted by Gasteiger charge is -2.22. The normalized spacial score (nSPS) is 13.9. The molecule has 3 nitrogen and oxygen atoms in total. The molecule has 1 atom stereocenters. The van der Waals surface area contributed by atoms with Crippen molar-refractivity contribution in [2.24, 2.45) is 5.41 Å². The monoisotopic (exact) mass is 259 g/mol. The Morgan fingerprint density at radius 2 is 2.47 bits per heavy atom. The molecule has 0 fully saturated rings. The van der Waals surface area contributed by atoms with Crippen LogP contribution in [0.15, 0.2) is 12.7 Å². The summed E-state index contributed by atoms with van der Waals surface area (Å²) in [4.78, 5) is 12.0. The van der Waals surface area contributed by atoms with Crippen LogP contribution < -0.4 is 0 Å². The zero-order valence-corrected chi connectivity index (χ0v) is 11.5. The van der Waals surface area contributed by atoms with Crippen LogP contribution in [0.5, 0.6) is 0 Å². The van der Waals surface area contributed by atoms with E-state index in [1.807, 2.05) is 13.8 Å². The van der Waals surface area contributed by atoms with Gasteiger partial charge in [-0.2, -0.15) is 0 Å². The first-order valence-electron chi connectivity index (χ1n) is 6.32. The highest BCUT2D eigenvalue weighted by atomic mass is 32.2. The molecule has 0 unspecified atom stereocenters. The molecule has 5 heteroatoms. The molecule has 0 aliphatic carbocycles. The maximum absolute atomic E-state index is 12.0. The molecule has 1 N–H and O–H groups in total. The molecule has 0 aromatic rings. The Morgan fingerprint density at radius 1 is 1.76 bits per heavy atom. The summed E-state index contributed by atoms with van der Waals surface area (Å²) in [6, 6.07) is 0. The number of aliphatic hydroxyl groups is 1. The quantitative estimate of drug-likeness (QED) is 0.267. The highest BCUT2D eigenvalue weighted by Gasteiger charge is 2.27. The van der Waals surface area contributed by atoms with Crippen LogP contribution >= 0.6 is 11.9 Å². The van der Waals surface area contributed by atoms with E-state index in [2.05, 4.69) is 6.58 Å². The fourth-order valence-corrected chi connectivity index (χ4v) is 1.77. The van der Waals surface area contributed by atoms with Gasteiger partial charge < -0.3 is 9.29 Å². The van der Waals surface area contributed by atoms with Crippen molar-refractivity contribution in [3.05, 3.63) is 12.7 Å². The average Bonchev–Trinajstić information content (AvgIpc) is 2.29. The number of carbonyl (C=O) groups is 1. The van der Waals surface area contributed by atoms with Crippen LogP contribution in [0, 0.1) is 5.41 Å². The number of hydrogen-bond acceptors (Lipinski definition) is 4. The molecule has 0 heterocycles. The second-order valence-corrected chi connectivity index (χ2v) is 5.16. The summed E-state index contributed by atoms with van der Waals surface area (Å²) in [5, 5.41) is 9.50. The number of hydrogen-bond donors (Lipinski definition) is 1. The third-order valence-corrected chi connectivity index (χ3v) is 2.88. The number of carbonyl (C=O) groups excluding carboxylic acids is 1. The first kappa shape index (κ1) is 14.8. The van der Waals surface area contributed by atoms with Crippen molar-refractivity contribution in [1.29, 1.82) is 1.34 Å². The highest BCUT2D eigenvalue weighted by Crippen LogP contribution is 2.22. The third kappa shape index (κ3) is 7.63. The van der Waals surface area contributed by atoms with Crippen molar-refractivity contribution in [2.75, 3.05) is 6.61 Å². The van der Waals surface area contributed by atoms with E-state index in [4.69, 9.17) is 5.52 Å². The Kier molecular flexibility index (Phi) is 7.65. The van der Waals surface area contributed by atoms with E-state index in [0.29, 0.717) is 32.3 Å². The largest absolute Gasteiger partial charge is 0.393 e. The molecular weight excluding hydrogens is 235 g/mol. The first-order valence-corrected chi connectivity index (χ1v) is 6.55. The summed E-state index contributed by atoms with van der Waals surface area (Å²) in [6.07, 6.45) is 3.58. The second-order valence-electron chi connectivity index (χ2n) is 4.74. The van der Waals surface area contributed by atoms with Crippen LogP contribution in [-0.4, -0.2) is 32.0 Å². The molecule has 0 spiro atoms. The molecule has 0 saturated carbocycles. The van der Waals surface area contributed by atoms with Crippen molar-refractivity contribution < 1.29 is 14.1 Å². The van der Waals surface area contributed by atoms with Crippen LogP contribution in [0.2, 0.25) is 0 Å². The van der Waals surface area contributed by atoms with Crippen molar-refractivity contribution in [3.8, 4) is 0 Å². The van der Waals surface area contributed by atoms with Crippen molar-refractivity contribution in [1.82, 2.24) is 0 Å². The fourth-order valence-electron chi connectivity index (χ4n) is 1.41. The number of Topliss-reactive ketones (excluding diaryl/α,β-unsaturated/α-hetero) is 1. The van der Waals surface area contributed by atoms with Gasteiger partial charge in [-0.05, 0) is 20.6 Å². The van der Waals surface area contributed by atoms with Gasteiger partial charge in [0.2, 0.25) is 7.09 Å². The van der Waals surface area contributed by atoms with E-state index in [1.54, 1.807) is 6.08 Å². The maximum atomic E-state index is 12.0. The van der Waals surface area contributed by atoms with E-state index < -0.39 is 11.5 Å². The van der Waals surface area contributed by atoms with Crippen LogP contribution in [0.25, 0.3) is 0 Å². The molecule has 0 rings (SSSR count). The lowest BCUT2D eigenvalue weighted by atomic mass is 9.86. The second kappa shape index (κ2) is 8.78. The predicted molar refractivity (Wildman–Crippen MR) is 74.2 cm³/mol. The molecule has 0 bridgehead atoms. The van der Waals surface area contributed by atoms with Crippen LogP contribution in [-0.2, 0) is 8.98 Å². The Bertz CT molecular complexity index is 262. The molecule has 0 aliphatic rings. The zero-order valence-electron chi connectivity index (χ0n) is 11.6. The summed E-state index contributed by atoms with van der Waals surface area (Å²) >= 11 is 0.926. The van der Waals surface area contributed by atoms with Crippen molar-refractivity contribution >= 4 is 24.8 Å². The van der Waals surface area contributed by atoms with Crippen LogP contribution in [0.3, 0.4) is 0 Å². The van der Waals surface area contributed by atoms with Gasteiger partial charge in [0.25, 0.3) is 0 Å². The summed E-state index contributed by atoms with van der Waals surface area (Å²) in [7, 11) is 1.09. The lowest BCUT2D eigenvalue weighted by Crippen LogP contribution is -2.28. The van der Waals surface area contributed by atoms with Crippen LogP contribution in [0.4, 0.5) is 0 Å². The summed E-state index contributed by atoms with van der Waals surface area (Å²) in [5.41, 5.74) is -0.542. The van der Waals surface area contributed by atoms with E-state index in [9.17, 15) is 9.90 Å². The fraction of sp³-hybridized carbons (Fsp3) is 0.750. The molecule has 0 aromatic heterocycles. The molecular formula is C12H22BO3S. The molecule has 17 heavy (non-hydrogen) atoms. The number of rotatable bonds is 11. The molecule has 0 saturated heterocycles. The molecule has 1 radical (unpaired) electrons. The van der Waals surface area contributed by atoms with Gasteiger partial charge in [0, 0.05) is 11.8 Å². The average molecular weight is 259 g/mol. The minimum atomic E-state index is -0.542. The Labute approximate surface area is 111 Å². The topological polar surface area (TPSA) is 46.5 Å². The van der Waals surface area contributed by atoms with E-state index in [0.717, 1.165) is 19.0 Å². The lowest BCUT2D eigenvalue weighted by molar-refractivity contribution is -0.128. The SMILES string of the molecule is [3H][B]SOCC(C)(C)C(=O)CCC[C@H](O)CC=C. The van der Waals surface area contributed by atoms with Gasteiger partial charge in [-0.25, -0.2) is 0 Å². The zero-order chi connectivity index (χ0) is 14.0. The van der Waals surface area contributed by atoms with Gasteiger partial charge in [-0.3, -0.25) is 4.79 Å². The van der Waals surface area contributed by atoms with Crippen molar-refractivity contribution in [2.45, 2.75) is 45.6 Å². The smallest absolute Gasteiger partial charge is 0.209 e. The van der Waals surface area contributed by atoms with Crippen molar-refractivity contribution in [3.63, 3.8) is 0 Å². The summed E-state index contributed by atoms with van der Waals surface area (Å²) in [5.74, 6) is 0.124. The molecule has 0 aliphatic heterocycles. The minimum absolute atomic E-state index is 0.124. The first-order chi connectivity index (χ1) is 8.44. The minimum Gasteiger partial charge on any atom is -0.393 e. The van der Waals surface area contributed by atoms with Gasteiger partial charge in [-0.1, -0.05) is 31.8 Å². The molecule has 0 amide bonds. The standard InChI is InChI=1S/C12H22BO3S/c1-4-6-10(14)7-5-8-11(15)12(2,3)9-16-17-13/h4,10,13-14H,1,5-9H2,2-3H3/t10-/m1/s1/i13T.